The molecule has 2 atom stereocenters. The van der Waals surface area contributed by atoms with Crippen LogP contribution < -0.4 is 0 Å². The van der Waals surface area contributed by atoms with Gasteiger partial charge in [-0.1, -0.05) is 18.2 Å². The van der Waals surface area contributed by atoms with Crippen molar-refractivity contribution in [3.05, 3.63) is 35.4 Å². The largest absolute Gasteiger partial charge is 0.416 e. The third kappa shape index (κ3) is 3.42. The molecule has 0 aromatic heterocycles. The van der Waals surface area contributed by atoms with Gasteiger partial charge in [0.1, 0.15) is 0 Å². The van der Waals surface area contributed by atoms with Crippen LogP contribution in [0.1, 0.15) is 36.4 Å². The molecule has 0 bridgehead atoms. The van der Waals surface area contributed by atoms with E-state index in [1.54, 1.807) is 0 Å². The number of aliphatic hydroxyl groups excluding tert-OH is 1. The van der Waals surface area contributed by atoms with E-state index >= 15 is 0 Å². The minimum Gasteiger partial charge on any atom is -0.391 e. The number of alkyl halides is 3. The fourth-order valence-corrected chi connectivity index (χ4v) is 3.58. The number of aliphatic hydroxyl groups is 1. The number of carbonyl (C=O) groups excluding carboxylic acids is 1. The molecule has 7 heteroatoms. The molecule has 0 spiro atoms. The molecular formula is C17H20F3NO3. The molecule has 1 amide bonds. The average Bonchev–Trinajstić information content (AvgIpc) is 2.96. The monoisotopic (exact) mass is 343 g/mol. The molecular weight excluding hydrogens is 323 g/mol. The summed E-state index contributed by atoms with van der Waals surface area (Å²) < 4.78 is 45.1. The number of hydrogen-bond donors (Lipinski definition) is 1. The van der Waals surface area contributed by atoms with Crippen molar-refractivity contribution in [1.82, 2.24) is 4.90 Å². The zero-order chi connectivity index (χ0) is 17.3. The van der Waals surface area contributed by atoms with Crippen molar-refractivity contribution in [1.29, 1.82) is 0 Å². The summed E-state index contributed by atoms with van der Waals surface area (Å²) in [6.07, 6.45) is -4.03. The van der Waals surface area contributed by atoms with Crippen molar-refractivity contribution >= 4 is 5.91 Å². The Morgan fingerprint density at radius 2 is 1.88 bits per heavy atom. The Balaban J connectivity index is 1.90. The van der Waals surface area contributed by atoms with Crippen molar-refractivity contribution in [2.24, 2.45) is 5.92 Å². The topological polar surface area (TPSA) is 49.8 Å². The number of nitrogens with zero attached hydrogens (tertiary/aromatic N) is 1. The summed E-state index contributed by atoms with van der Waals surface area (Å²) in [5.74, 6) is -0.429. The lowest BCUT2D eigenvalue weighted by Gasteiger charge is -2.31. The summed E-state index contributed by atoms with van der Waals surface area (Å²) in [5, 5.41) is 9.97. The molecule has 2 saturated heterocycles. The zero-order valence-electron chi connectivity index (χ0n) is 13.1. The first-order chi connectivity index (χ1) is 11.4. The van der Waals surface area contributed by atoms with Crippen molar-refractivity contribution in [3.63, 3.8) is 0 Å². The second-order valence-electron chi connectivity index (χ2n) is 6.37. The van der Waals surface area contributed by atoms with Crippen LogP contribution in [-0.4, -0.2) is 41.8 Å². The first-order valence-electron chi connectivity index (χ1n) is 8.10. The van der Waals surface area contributed by atoms with Gasteiger partial charge < -0.3 is 14.7 Å². The molecule has 24 heavy (non-hydrogen) atoms. The van der Waals surface area contributed by atoms with E-state index in [1.807, 2.05) is 0 Å². The summed E-state index contributed by atoms with van der Waals surface area (Å²) in [4.78, 5) is 14.2. The lowest BCUT2D eigenvalue weighted by Crippen LogP contribution is -2.39. The maximum atomic E-state index is 13.3. The number of benzene rings is 1. The second kappa shape index (κ2) is 6.72. The summed E-state index contributed by atoms with van der Waals surface area (Å²) >= 11 is 0. The smallest absolute Gasteiger partial charge is 0.391 e. The molecule has 2 aliphatic heterocycles. The minimum absolute atomic E-state index is 0.0574. The van der Waals surface area contributed by atoms with Gasteiger partial charge in [-0.25, -0.2) is 0 Å². The molecule has 0 aliphatic carbocycles. The van der Waals surface area contributed by atoms with Crippen molar-refractivity contribution < 1.29 is 27.8 Å². The van der Waals surface area contributed by atoms with E-state index in [1.165, 1.54) is 23.1 Å². The molecule has 0 saturated carbocycles. The quantitative estimate of drug-likeness (QED) is 0.898. The lowest BCUT2D eigenvalue weighted by molar-refractivity contribution is -0.143. The fraction of sp³-hybridized carbons (Fsp3) is 0.588. The average molecular weight is 343 g/mol. The summed E-state index contributed by atoms with van der Waals surface area (Å²) in [5.41, 5.74) is -0.684. The van der Waals surface area contributed by atoms with E-state index in [0.717, 1.165) is 6.07 Å². The van der Waals surface area contributed by atoms with E-state index in [-0.39, 0.29) is 30.4 Å². The highest BCUT2D eigenvalue weighted by atomic mass is 19.4. The van der Waals surface area contributed by atoms with E-state index in [0.29, 0.717) is 26.1 Å². The first-order valence-corrected chi connectivity index (χ1v) is 8.10. The highest BCUT2D eigenvalue weighted by molar-refractivity contribution is 5.80. The molecule has 1 N–H and O–H groups in total. The predicted octanol–water partition coefficient (Wildman–Crippen LogP) is 2.77. The molecule has 4 nitrogen and oxygen atoms in total. The van der Waals surface area contributed by atoms with Crippen LogP contribution in [-0.2, 0) is 15.7 Å². The summed E-state index contributed by atoms with van der Waals surface area (Å²) in [6, 6.07) is 4.55. The highest BCUT2D eigenvalue weighted by Gasteiger charge is 2.42. The highest BCUT2D eigenvalue weighted by Crippen LogP contribution is 2.41. The van der Waals surface area contributed by atoms with E-state index in [2.05, 4.69) is 0 Å². The molecule has 2 heterocycles. The second-order valence-corrected chi connectivity index (χ2v) is 6.37. The normalized spacial score (nSPS) is 25.9. The van der Waals surface area contributed by atoms with Gasteiger partial charge in [0, 0.05) is 25.7 Å². The summed E-state index contributed by atoms with van der Waals surface area (Å²) in [7, 11) is 0. The fourth-order valence-electron chi connectivity index (χ4n) is 3.58. The molecule has 1 aromatic rings. The third-order valence-electron chi connectivity index (χ3n) is 4.76. The SMILES string of the molecule is O=C(C1CCOCC1)N1C[C@H](O)C[C@H]1c1ccccc1C(F)(F)F. The molecule has 132 valence electrons. The van der Waals surface area contributed by atoms with Gasteiger partial charge in [-0.2, -0.15) is 13.2 Å². The Hall–Kier alpha value is -1.60. The number of hydrogen-bond acceptors (Lipinski definition) is 3. The van der Waals surface area contributed by atoms with Crippen LogP contribution in [0.15, 0.2) is 24.3 Å². The Bertz CT molecular complexity index is 599. The van der Waals surface area contributed by atoms with Gasteiger partial charge >= 0.3 is 6.18 Å². The lowest BCUT2D eigenvalue weighted by atomic mass is 9.95. The van der Waals surface area contributed by atoms with Crippen LogP contribution in [0.3, 0.4) is 0 Å². The number of halogens is 3. The van der Waals surface area contributed by atoms with Gasteiger partial charge in [0.25, 0.3) is 0 Å². The van der Waals surface area contributed by atoms with Crippen molar-refractivity contribution in [2.75, 3.05) is 19.8 Å². The molecule has 3 rings (SSSR count). The molecule has 2 fully saturated rings. The number of amides is 1. The van der Waals surface area contributed by atoms with Crippen LogP contribution >= 0.6 is 0 Å². The van der Waals surface area contributed by atoms with Crippen molar-refractivity contribution in [2.45, 2.75) is 37.6 Å². The van der Waals surface area contributed by atoms with Gasteiger partial charge in [-0.05, 0) is 30.9 Å². The van der Waals surface area contributed by atoms with Crippen LogP contribution in [0, 0.1) is 5.92 Å². The number of β-amino-alcohol motifs (C(OH)–C–C–N with tert-alkyl or cyclic N) is 1. The van der Waals surface area contributed by atoms with Crippen LogP contribution in [0.4, 0.5) is 13.2 Å². The zero-order valence-corrected chi connectivity index (χ0v) is 13.1. The van der Waals surface area contributed by atoms with Gasteiger partial charge in [0.15, 0.2) is 0 Å². The van der Waals surface area contributed by atoms with Gasteiger partial charge in [0.05, 0.1) is 17.7 Å². The third-order valence-corrected chi connectivity index (χ3v) is 4.76. The number of carbonyl (C=O) groups is 1. The van der Waals surface area contributed by atoms with Crippen molar-refractivity contribution in [3.8, 4) is 0 Å². The van der Waals surface area contributed by atoms with Gasteiger partial charge in [-0.15, -0.1) is 0 Å². The van der Waals surface area contributed by atoms with E-state index in [9.17, 15) is 23.1 Å². The van der Waals surface area contributed by atoms with Gasteiger partial charge in [-0.3, -0.25) is 4.79 Å². The van der Waals surface area contributed by atoms with Crippen LogP contribution in [0.25, 0.3) is 0 Å². The Labute approximate surface area is 138 Å². The van der Waals surface area contributed by atoms with Crippen LogP contribution in [0.2, 0.25) is 0 Å². The molecule has 2 aliphatic rings. The standard InChI is InChI=1S/C17H20F3NO3/c18-17(19,20)14-4-2-1-3-13(14)15-9-12(22)10-21(15)16(23)11-5-7-24-8-6-11/h1-4,11-12,15,22H,5-10H2/t12-,15+/m1/s1. The number of ether oxygens (including phenoxy) is 1. The Morgan fingerprint density at radius 3 is 2.54 bits per heavy atom. The molecule has 0 radical (unpaired) electrons. The van der Waals surface area contributed by atoms with E-state index < -0.39 is 23.9 Å². The number of likely N-dealkylation sites (tertiary alicyclic amines) is 1. The maximum absolute atomic E-state index is 13.3. The Kier molecular flexibility index (Phi) is 4.83. The maximum Gasteiger partial charge on any atom is 0.416 e. The van der Waals surface area contributed by atoms with E-state index in [4.69, 9.17) is 4.74 Å². The molecule has 0 unspecified atom stereocenters. The minimum atomic E-state index is -4.49. The summed E-state index contributed by atoms with van der Waals surface area (Å²) in [6.45, 7) is 1.04. The Morgan fingerprint density at radius 1 is 1.21 bits per heavy atom. The first kappa shape index (κ1) is 17.2. The van der Waals surface area contributed by atoms with Crippen LogP contribution in [0.5, 0.6) is 0 Å². The predicted molar refractivity (Wildman–Crippen MR) is 80.1 cm³/mol. The number of rotatable bonds is 2. The van der Waals surface area contributed by atoms with Gasteiger partial charge in [0.2, 0.25) is 5.91 Å². The molecule has 1 aromatic carbocycles.